The minimum absolute atomic E-state index is 0.0742. The summed E-state index contributed by atoms with van der Waals surface area (Å²) in [5.41, 5.74) is 3.78. The van der Waals surface area contributed by atoms with Crippen LogP contribution in [0.1, 0.15) is 16.7 Å². The summed E-state index contributed by atoms with van der Waals surface area (Å²) in [6.45, 7) is 8.00. The molecule has 0 unspecified atom stereocenters. The van der Waals surface area contributed by atoms with Crippen LogP contribution >= 0.6 is 0 Å². The summed E-state index contributed by atoms with van der Waals surface area (Å²) in [7, 11) is 1.65. The van der Waals surface area contributed by atoms with E-state index in [-0.39, 0.29) is 5.91 Å². The molecule has 144 valence electrons. The number of ether oxygens (including phenoxy) is 1. The number of nitrogens with one attached hydrogen (secondary N) is 1. The van der Waals surface area contributed by atoms with Crippen LogP contribution in [-0.4, -0.2) is 55.5 Å². The first-order valence-corrected chi connectivity index (χ1v) is 9.53. The van der Waals surface area contributed by atoms with Crippen LogP contribution in [0.15, 0.2) is 48.5 Å². The third kappa shape index (κ3) is 5.81. The molecule has 2 aromatic rings. The van der Waals surface area contributed by atoms with Crippen LogP contribution in [0.2, 0.25) is 0 Å². The zero-order chi connectivity index (χ0) is 19.1. The first-order valence-electron chi connectivity index (χ1n) is 9.53. The third-order valence-electron chi connectivity index (χ3n) is 5.11. The highest BCUT2D eigenvalue weighted by Gasteiger charge is 2.19. The van der Waals surface area contributed by atoms with E-state index in [1.165, 1.54) is 11.1 Å². The topological polar surface area (TPSA) is 44.8 Å². The van der Waals surface area contributed by atoms with Gasteiger partial charge in [0.25, 0.3) is 0 Å². The predicted molar refractivity (Wildman–Crippen MR) is 108 cm³/mol. The van der Waals surface area contributed by atoms with Gasteiger partial charge in [0, 0.05) is 39.3 Å². The van der Waals surface area contributed by atoms with Gasteiger partial charge in [0.05, 0.1) is 13.7 Å². The van der Waals surface area contributed by atoms with E-state index < -0.39 is 0 Å². The van der Waals surface area contributed by atoms with Gasteiger partial charge in [-0.1, -0.05) is 36.4 Å². The standard InChI is InChI=1S/C22H29N3O2/c1-18-6-3-4-8-20(18)16-24-10-12-25(13-11-24)17-22(26)23-15-19-7-5-9-21(14-19)27-2/h3-9,14H,10-13,15-17H2,1-2H3,(H,23,26). The summed E-state index contributed by atoms with van der Waals surface area (Å²) < 4.78 is 5.22. The summed E-state index contributed by atoms with van der Waals surface area (Å²) in [6, 6.07) is 16.3. The number of carbonyl (C=O) groups excluding carboxylic acids is 1. The molecule has 1 aliphatic heterocycles. The quantitative estimate of drug-likeness (QED) is 0.816. The molecule has 0 saturated carbocycles. The van der Waals surface area contributed by atoms with Crippen molar-refractivity contribution in [2.24, 2.45) is 0 Å². The van der Waals surface area contributed by atoms with Crippen molar-refractivity contribution in [2.45, 2.75) is 20.0 Å². The van der Waals surface area contributed by atoms with Crippen LogP contribution in [0, 0.1) is 6.92 Å². The SMILES string of the molecule is COc1cccc(CNC(=O)CN2CCN(Cc3ccccc3C)CC2)c1. The maximum Gasteiger partial charge on any atom is 0.234 e. The average Bonchev–Trinajstić information content (AvgIpc) is 2.70. The Morgan fingerprint density at radius 1 is 1.04 bits per heavy atom. The van der Waals surface area contributed by atoms with Gasteiger partial charge in [0.15, 0.2) is 0 Å². The summed E-state index contributed by atoms with van der Waals surface area (Å²) in [5, 5.41) is 3.01. The van der Waals surface area contributed by atoms with Gasteiger partial charge in [-0.25, -0.2) is 0 Å². The van der Waals surface area contributed by atoms with Gasteiger partial charge in [0.2, 0.25) is 5.91 Å². The van der Waals surface area contributed by atoms with E-state index >= 15 is 0 Å². The normalized spacial score (nSPS) is 15.5. The van der Waals surface area contributed by atoms with Gasteiger partial charge in [-0.05, 0) is 35.7 Å². The van der Waals surface area contributed by atoms with E-state index in [2.05, 4.69) is 46.3 Å². The maximum atomic E-state index is 12.3. The van der Waals surface area contributed by atoms with Crippen molar-refractivity contribution in [1.82, 2.24) is 15.1 Å². The van der Waals surface area contributed by atoms with Crippen molar-refractivity contribution in [3.63, 3.8) is 0 Å². The zero-order valence-electron chi connectivity index (χ0n) is 16.3. The van der Waals surface area contributed by atoms with Gasteiger partial charge in [0.1, 0.15) is 5.75 Å². The van der Waals surface area contributed by atoms with Crippen molar-refractivity contribution in [1.29, 1.82) is 0 Å². The molecule has 1 heterocycles. The van der Waals surface area contributed by atoms with Crippen LogP contribution in [0.4, 0.5) is 0 Å². The largest absolute Gasteiger partial charge is 0.497 e. The highest BCUT2D eigenvalue weighted by atomic mass is 16.5. The van der Waals surface area contributed by atoms with E-state index in [9.17, 15) is 4.79 Å². The van der Waals surface area contributed by atoms with E-state index in [4.69, 9.17) is 4.74 Å². The first-order chi connectivity index (χ1) is 13.1. The molecule has 0 bridgehead atoms. The molecule has 1 fully saturated rings. The number of amides is 1. The average molecular weight is 367 g/mol. The lowest BCUT2D eigenvalue weighted by Gasteiger charge is -2.34. The van der Waals surface area contributed by atoms with Gasteiger partial charge < -0.3 is 10.1 Å². The van der Waals surface area contributed by atoms with Crippen LogP contribution in [-0.2, 0) is 17.9 Å². The molecule has 0 aliphatic carbocycles. The lowest BCUT2D eigenvalue weighted by atomic mass is 10.1. The second-order valence-electron chi connectivity index (χ2n) is 7.11. The number of carbonyl (C=O) groups is 1. The lowest BCUT2D eigenvalue weighted by molar-refractivity contribution is -0.122. The molecule has 27 heavy (non-hydrogen) atoms. The summed E-state index contributed by atoms with van der Waals surface area (Å²) >= 11 is 0. The van der Waals surface area contributed by atoms with Crippen molar-refractivity contribution in [3.05, 3.63) is 65.2 Å². The maximum absolute atomic E-state index is 12.3. The molecule has 3 rings (SSSR count). The molecule has 1 aliphatic rings. The molecule has 1 amide bonds. The molecule has 0 radical (unpaired) electrons. The summed E-state index contributed by atoms with van der Waals surface area (Å²) in [6.07, 6.45) is 0. The Morgan fingerprint density at radius 3 is 2.52 bits per heavy atom. The first kappa shape index (κ1) is 19.4. The summed E-state index contributed by atoms with van der Waals surface area (Å²) in [4.78, 5) is 17.0. The molecular formula is C22H29N3O2. The fraction of sp³-hybridized carbons (Fsp3) is 0.409. The molecule has 0 atom stereocenters. The Labute approximate surface area is 161 Å². The highest BCUT2D eigenvalue weighted by molar-refractivity contribution is 5.78. The Morgan fingerprint density at radius 2 is 1.78 bits per heavy atom. The Bertz CT molecular complexity index is 755. The van der Waals surface area contributed by atoms with E-state index in [1.54, 1.807) is 7.11 Å². The van der Waals surface area contributed by atoms with Crippen molar-refractivity contribution >= 4 is 5.91 Å². The fourth-order valence-corrected chi connectivity index (χ4v) is 3.38. The van der Waals surface area contributed by atoms with Crippen LogP contribution < -0.4 is 10.1 Å². The zero-order valence-corrected chi connectivity index (χ0v) is 16.3. The van der Waals surface area contributed by atoms with Gasteiger partial charge in [-0.2, -0.15) is 0 Å². The minimum Gasteiger partial charge on any atom is -0.497 e. The molecule has 1 N–H and O–H groups in total. The second kappa shape index (κ2) is 9.53. The van der Waals surface area contributed by atoms with Gasteiger partial charge in [-0.3, -0.25) is 14.6 Å². The van der Waals surface area contributed by atoms with E-state index in [0.29, 0.717) is 13.1 Å². The number of aryl methyl sites for hydroxylation is 1. The van der Waals surface area contributed by atoms with Crippen LogP contribution in [0.25, 0.3) is 0 Å². The molecule has 0 spiro atoms. The van der Waals surface area contributed by atoms with Crippen LogP contribution in [0.5, 0.6) is 5.75 Å². The number of benzene rings is 2. The van der Waals surface area contributed by atoms with Crippen LogP contribution in [0.3, 0.4) is 0 Å². The molecule has 5 heteroatoms. The number of hydrogen-bond acceptors (Lipinski definition) is 4. The second-order valence-corrected chi connectivity index (χ2v) is 7.11. The predicted octanol–water partition coefficient (Wildman–Crippen LogP) is 2.44. The smallest absolute Gasteiger partial charge is 0.234 e. The van der Waals surface area contributed by atoms with Gasteiger partial charge >= 0.3 is 0 Å². The number of hydrogen-bond donors (Lipinski definition) is 1. The molecule has 2 aromatic carbocycles. The van der Waals surface area contributed by atoms with Crippen molar-refractivity contribution < 1.29 is 9.53 Å². The van der Waals surface area contributed by atoms with Crippen molar-refractivity contribution in [2.75, 3.05) is 39.8 Å². The lowest BCUT2D eigenvalue weighted by Crippen LogP contribution is -2.49. The molecule has 1 saturated heterocycles. The Balaban J connectivity index is 1.39. The number of methoxy groups -OCH3 is 1. The molecule has 0 aromatic heterocycles. The van der Waals surface area contributed by atoms with Crippen molar-refractivity contribution in [3.8, 4) is 5.75 Å². The number of rotatable bonds is 7. The van der Waals surface area contributed by atoms with E-state index in [1.807, 2.05) is 24.3 Å². The van der Waals surface area contributed by atoms with Gasteiger partial charge in [-0.15, -0.1) is 0 Å². The minimum atomic E-state index is 0.0742. The molecule has 5 nitrogen and oxygen atoms in total. The van der Waals surface area contributed by atoms with E-state index in [0.717, 1.165) is 44.0 Å². The Hall–Kier alpha value is -2.37. The number of piperazine rings is 1. The number of nitrogens with zero attached hydrogens (tertiary/aromatic N) is 2. The summed E-state index contributed by atoms with van der Waals surface area (Å²) in [5.74, 6) is 0.886. The molecular weight excluding hydrogens is 338 g/mol. The third-order valence-corrected chi connectivity index (χ3v) is 5.11. The highest BCUT2D eigenvalue weighted by Crippen LogP contribution is 2.13. The monoisotopic (exact) mass is 367 g/mol. The Kier molecular flexibility index (Phi) is 6.85. The fourth-order valence-electron chi connectivity index (χ4n) is 3.38.